The summed E-state index contributed by atoms with van der Waals surface area (Å²) in [6, 6.07) is 3.47. The Bertz CT molecular complexity index is 664. The minimum Gasteiger partial charge on any atom is -0.484 e. The van der Waals surface area contributed by atoms with E-state index in [9.17, 15) is 9.18 Å². The molecule has 1 aliphatic rings. The number of halogens is 1. The molecule has 0 spiro atoms. The van der Waals surface area contributed by atoms with Gasteiger partial charge in [0, 0.05) is 0 Å². The van der Waals surface area contributed by atoms with E-state index in [-0.39, 0.29) is 5.75 Å². The minimum atomic E-state index is -0.526. The Morgan fingerprint density at radius 1 is 1.23 bits per heavy atom. The molecule has 0 aromatic carbocycles. The summed E-state index contributed by atoms with van der Waals surface area (Å²) in [4.78, 5) is 13.8. The Kier molecular flexibility index (Phi) is 14.8. The first-order valence-corrected chi connectivity index (χ1v) is 12.0. The monoisotopic (exact) mass is 437 g/mol. The van der Waals surface area contributed by atoms with Crippen LogP contribution in [0.5, 0.6) is 5.75 Å². The summed E-state index contributed by atoms with van der Waals surface area (Å²) in [7, 11) is 0. The number of hydrogen-bond donors (Lipinski definition) is 0. The lowest BCUT2D eigenvalue weighted by Gasteiger charge is -2.11. The summed E-state index contributed by atoms with van der Waals surface area (Å²) in [6.45, 7) is 7.93. The second-order valence-electron chi connectivity index (χ2n) is 7.18. The van der Waals surface area contributed by atoms with Crippen LogP contribution in [0.15, 0.2) is 41.0 Å². The minimum absolute atomic E-state index is 0.223. The van der Waals surface area contributed by atoms with Gasteiger partial charge in [0.2, 0.25) is 0 Å². The first-order valence-electron chi connectivity index (χ1n) is 11.0. The first kappa shape index (κ1) is 26.2. The number of allylic oxidation sites excluding steroid dienone is 2. The van der Waals surface area contributed by atoms with Gasteiger partial charge in [-0.15, -0.1) is 11.8 Å². The van der Waals surface area contributed by atoms with Crippen molar-refractivity contribution in [2.24, 2.45) is 5.92 Å². The predicted molar refractivity (Wildman–Crippen MR) is 122 cm³/mol. The van der Waals surface area contributed by atoms with Gasteiger partial charge in [-0.3, -0.25) is 4.79 Å². The molecule has 168 valence electrons. The van der Waals surface area contributed by atoms with E-state index in [2.05, 4.69) is 37.9 Å². The van der Waals surface area contributed by atoms with E-state index < -0.39 is 5.95 Å². The fourth-order valence-corrected chi connectivity index (χ4v) is 3.53. The molecule has 0 bridgehead atoms. The number of unbranched alkanes of at least 4 members (excludes halogenated alkanes) is 1. The third kappa shape index (κ3) is 11.4. The molecule has 1 unspecified atom stereocenters. The maximum Gasteiger partial charge on any atom is 0.293 e. The van der Waals surface area contributed by atoms with Gasteiger partial charge < -0.3 is 9.47 Å². The maximum absolute atomic E-state index is 13.7. The SMILES string of the molecule is CCCCC(CC)COC=O.CCCSc1ccc(OCC2=CCCC=C2)c(F)n1. The Morgan fingerprint density at radius 2 is 2.07 bits per heavy atom. The average molecular weight is 438 g/mol. The van der Waals surface area contributed by atoms with E-state index in [1.54, 1.807) is 17.8 Å². The molecule has 2 rings (SSSR count). The van der Waals surface area contributed by atoms with Crippen LogP contribution in [-0.2, 0) is 9.53 Å². The fraction of sp³-hybridized carbons (Fsp3) is 0.583. The lowest BCUT2D eigenvalue weighted by atomic mass is 10.0. The molecular formula is C24H36FNO3S. The highest BCUT2D eigenvalue weighted by molar-refractivity contribution is 7.99. The number of carbonyl (C=O) groups is 1. The molecule has 0 fully saturated rings. The van der Waals surface area contributed by atoms with Crippen LogP contribution in [0.2, 0.25) is 0 Å². The topological polar surface area (TPSA) is 48.4 Å². The summed E-state index contributed by atoms with van der Waals surface area (Å²) in [5, 5.41) is 0.712. The van der Waals surface area contributed by atoms with Crippen LogP contribution in [-0.4, -0.2) is 30.4 Å². The molecule has 0 aliphatic heterocycles. The summed E-state index contributed by atoms with van der Waals surface area (Å²) in [5.74, 6) is 1.21. The van der Waals surface area contributed by atoms with Gasteiger partial charge in [0.25, 0.3) is 12.4 Å². The van der Waals surface area contributed by atoms with Crippen molar-refractivity contribution >= 4 is 18.2 Å². The van der Waals surface area contributed by atoms with Crippen LogP contribution in [0.25, 0.3) is 0 Å². The van der Waals surface area contributed by atoms with E-state index in [0.29, 0.717) is 30.6 Å². The lowest BCUT2D eigenvalue weighted by molar-refractivity contribution is -0.130. The number of carbonyl (C=O) groups excluding carboxylic acids is 1. The number of ether oxygens (including phenoxy) is 2. The molecule has 0 saturated carbocycles. The first-order chi connectivity index (χ1) is 14.6. The third-order valence-corrected chi connectivity index (χ3v) is 5.79. The summed E-state index contributed by atoms with van der Waals surface area (Å²) in [6.07, 6.45) is 14.2. The van der Waals surface area contributed by atoms with Crippen molar-refractivity contribution < 1.29 is 18.7 Å². The molecule has 1 aliphatic carbocycles. The number of rotatable bonds is 13. The molecule has 0 N–H and O–H groups in total. The van der Waals surface area contributed by atoms with Gasteiger partial charge >= 0.3 is 0 Å². The number of hydrogen-bond acceptors (Lipinski definition) is 5. The molecule has 1 atom stereocenters. The van der Waals surface area contributed by atoms with Gasteiger partial charge in [0.05, 0.1) is 11.6 Å². The molecular weight excluding hydrogens is 401 g/mol. The maximum atomic E-state index is 13.7. The Labute approximate surface area is 185 Å². The predicted octanol–water partition coefficient (Wildman–Crippen LogP) is 6.75. The van der Waals surface area contributed by atoms with E-state index in [1.165, 1.54) is 19.3 Å². The van der Waals surface area contributed by atoms with Gasteiger partial charge in [0.1, 0.15) is 6.61 Å². The molecule has 1 heterocycles. The van der Waals surface area contributed by atoms with Crippen LogP contribution in [0.1, 0.15) is 65.7 Å². The van der Waals surface area contributed by atoms with Gasteiger partial charge in [-0.1, -0.05) is 58.3 Å². The Hall–Kier alpha value is -1.82. The fourth-order valence-electron chi connectivity index (χ4n) is 2.81. The van der Waals surface area contributed by atoms with E-state index in [1.807, 2.05) is 12.1 Å². The van der Waals surface area contributed by atoms with Gasteiger partial charge in [-0.05, 0) is 55.1 Å². The standard InChI is InChI=1S/C15H18FNOS.C9H18O2/c1-2-10-19-14-9-8-13(15(16)17-14)18-11-12-6-4-3-5-7-12;1-3-5-6-9(4-2)7-11-8-10/h4,6-9H,2-3,5,10-11H2,1H3;8-9H,3-7H2,1-2H3. The van der Waals surface area contributed by atoms with E-state index in [0.717, 1.165) is 37.0 Å². The smallest absolute Gasteiger partial charge is 0.293 e. The van der Waals surface area contributed by atoms with Crippen LogP contribution < -0.4 is 4.74 Å². The Morgan fingerprint density at radius 3 is 2.67 bits per heavy atom. The zero-order chi connectivity index (χ0) is 22.0. The van der Waals surface area contributed by atoms with Crippen molar-refractivity contribution in [1.82, 2.24) is 4.98 Å². The Balaban J connectivity index is 0.000000352. The number of pyridine rings is 1. The largest absolute Gasteiger partial charge is 0.484 e. The van der Waals surface area contributed by atoms with E-state index >= 15 is 0 Å². The van der Waals surface area contributed by atoms with Crippen molar-refractivity contribution in [2.45, 2.75) is 70.7 Å². The van der Waals surface area contributed by atoms with Crippen molar-refractivity contribution in [3.8, 4) is 5.75 Å². The van der Waals surface area contributed by atoms with Crippen LogP contribution in [0.3, 0.4) is 0 Å². The van der Waals surface area contributed by atoms with Crippen LogP contribution in [0, 0.1) is 11.9 Å². The van der Waals surface area contributed by atoms with E-state index in [4.69, 9.17) is 9.47 Å². The average Bonchev–Trinajstić information content (AvgIpc) is 2.78. The highest BCUT2D eigenvalue weighted by atomic mass is 32.2. The van der Waals surface area contributed by atoms with Gasteiger partial charge in [0.15, 0.2) is 5.75 Å². The summed E-state index contributed by atoms with van der Waals surface area (Å²) in [5.41, 5.74) is 1.09. The number of nitrogens with zero attached hydrogens (tertiary/aromatic N) is 1. The zero-order valence-corrected chi connectivity index (χ0v) is 19.4. The van der Waals surface area contributed by atoms with Crippen molar-refractivity contribution in [3.05, 3.63) is 41.9 Å². The molecule has 0 saturated heterocycles. The number of aromatic nitrogens is 1. The van der Waals surface area contributed by atoms with Gasteiger partial charge in [-0.2, -0.15) is 4.39 Å². The second-order valence-corrected chi connectivity index (χ2v) is 8.30. The number of thioether (sulfide) groups is 1. The molecule has 30 heavy (non-hydrogen) atoms. The highest BCUT2D eigenvalue weighted by Crippen LogP contribution is 2.23. The summed E-state index contributed by atoms with van der Waals surface area (Å²) < 4.78 is 23.9. The summed E-state index contributed by atoms with van der Waals surface area (Å²) >= 11 is 1.56. The third-order valence-electron chi connectivity index (χ3n) is 4.65. The van der Waals surface area contributed by atoms with Gasteiger partial charge in [-0.25, -0.2) is 4.98 Å². The molecule has 6 heteroatoms. The quantitative estimate of drug-likeness (QED) is 0.194. The van der Waals surface area contributed by atoms with Crippen LogP contribution >= 0.6 is 11.8 Å². The van der Waals surface area contributed by atoms with Crippen molar-refractivity contribution in [1.29, 1.82) is 0 Å². The zero-order valence-electron chi connectivity index (χ0n) is 18.6. The lowest BCUT2D eigenvalue weighted by Crippen LogP contribution is -2.07. The van der Waals surface area contributed by atoms with Crippen LogP contribution in [0.4, 0.5) is 4.39 Å². The molecule has 1 aromatic heterocycles. The second kappa shape index (κ2) is 16.9. The molecule has 4 nitrogen and oxygen atoms in total. The van der Waals surface area contributed by atoms with Crippen molar-refractivity contribution in [3.63, 3.8) is 0 Å². The highest BCUT2D eigenvalue weighted by Gasteiger charge is 2.08. The molecule has 0 amide bonds. The molecule has 0 radical (unpaired) electrons. The normalized spacial score (nSPS) is 13.7. The van der Waals surface area contributed by atoms with Crippen molar-refractivity contribution in [2.75, 3.05) is 19.0 Å². The molecule has 1 aromatic rings.